The molecule has 2 aliphatic rings. The minimum atomic E-state index is -0.662. The molecule has 23 heavy (non-hydrogen) atoms. The van der Waals surface area contributed by atoms with E-state index in [0.29, 0.717) is 19.4 Å². The third-order valence-electron chi connectivity index (χ3n) is 4.78. The van der Waals surface area contributed by atoms with Gasteiger partial charge in [0, 0.05) is 6.54 Å². The van der Waals surface area contributed by atoms with Gasteiger partial charge in [-0.25, -0.2) is 9.59 Å². The number of ether oxygens (including phenoxy) is 2. The number of aliphatic hydroxyl groups excluding tert-OH is 1. The van der Waals surface area contributed by atoms with E-state index in [9.17, 15) is 14.7 Å². The number of rotatable bonds is 3. The first-order valence-corrected chi connectivity index (χ1v) is 7.83. The van der Waals surface area contributed by atoms with Gasteiger partial charge in [0.2, 0.25) is 0 Å². The molecule has 0 bridgehead atoms. The van der Waals surface area contributed by atoms with Gasteiger partial charge in [0.15, 0.2) is 0 Å². The number of amides is 1. The lowest BCUT2D eigenvalue weighted by Gasteiger charge is -2.25. The van der Waals surface area contributed by atoms with Crippen LogP contribution in [-0.2, 0) is 20.9 Å². The van der Waals surface area contributed by atoms with Crippen molar-refractivity contribution >= 4 is 12.1 Å². The molecule has 2 fully saturated rings. The highest BCUT2D eigenvalue weighted by atomic mass is 16.6. The molecule has 1 saturated heterocycles. The number of fused-ring (bicyclic) bond motifs is 1. The lowest BCUT2D eigenvalue weighted by molar-refractivity contribution is -0.146. The van der Waals surface area contributed by atoms with E-state index in [-0.39, 0.29) is 18.4 Å². The van der Waals surface area contributed by atoms with Crippen LogP contribution >= 0.6 is 0 Å². The van der Waals surface area contributed by atoms with E-state index < -0.39 is 24.2 Å². The monoisotopic (exact) mass is 319 g/mol. The first kappa shape index (κ1) is 15.8. The number of carbonyl (C=O) groups is 2. The maximum atomic E-state index is 12.4. The van der Waals surface area contributed by atoms with E-state index in [4.69, 9.17) is 9.47 Å². The average molecular weight is 319 g/mol. The summed E-state index contributed by atoms with van der Waals surface area (Å²) >= 11 is 0. The van der Waals surface area contributed by atoms with Crippen molar-refractivity contribution in [1.29, 1.82) is 0 Å². The zero-order valence-corrected chi connectivity index (χ0v) is 13.1. The second-order valence-electron chi connectivity index (χ2n) is 6.21. The van der Waals surface area contributed by atoms with Gasteiger partial charge >= 0.3 is 12.1 Å². The Balaban J connectivity index is 1.68. The molecule has 1 aromatic carbocycles. The van der Waals surface area contributed by atoms with Crippen molar-refractivity contribution in [1.82, 2.24) is 4.90 Å². The smallest absolute Gasteiger partial charge is 0.410 e. The molecule has 1 N–H and O–H groups in total. The topological polar surface area (TPSA) is 76.1 Å². The molecule has 1 saturated carbocycles. The lowest BCUT2D eigenvalue weighted by atomic mass is 9.94. The van der Waals surface area contributed by atoms with Crippen LogP contribution in [0.1, 0.15) is 18.4 Å². The Hall–Kier alpha value is -2.08. The van der Waals surface area contributed by atoms with Crippen LogP contribution in [0.5, 0.6) is 0 Å². The summed E-state index contributed by atoms with van der Waals surface area (Å²) in [6.07, 6.45) is 0.223. The van der Waals surface area contributed by atoms with Crippen molar-refractivity contribution < 1.29 is 24.2 Å². The minimum absolute atomic E-state index is 0.0540. The first-order valence-electron chi connectivity index (χ1n) is 7.83. The number of nitrogens with zero attached hydrogens (tertiary/aromatic N) is 1. The standard InChI is InChI=1S/C17H21NO5/c1-22-16(20)15-14-8-13(19)7-12(14)9-18(15)17(21)23-10-11-5-3-2-4-6-11/h2-6,12-15,19H,7-10H2,1H3. The fraction of sp³-hybridized carbons (Fsp3) is 0.529. The third-order valence-corrected chi connectivity index (χ3v) is 4.78. The molecule has 6 heteroatoms. The van der Waals surface area contributed by atoms with Gasteiger partial charge < -0.3 is 14.6 Å². The summed E-state index contributed by atoms with van der Waals surface area (Å²) in [6, 6.07) is 8.74. The number of methoxy groups -OCH3 is 1. The fourth-order valence-electron chi connectivity index (χ4n) is 3.73. The zero-order valence-electron chi connectivity index (χ0n) is 13.1. The molecule has 0 aromatic heterocycles. The summed E-state index contributed by atoms with van der Waals surface area (Å²) < 4.78 is 10.2. The SMILES string of the molecule is COC(=O)C1C2CC(O)CC2CN1C(=O)OCc1ccccc1. The Labute approximate surface area is 135 Å². The van der Waals surface area contributed by atoms with Crippen molar-refractivity contribution in [2.24, 2.45) is 11.8 Å². The fourth-order valence-corrected chi connectivity index (χ4v) is 3.73. The number of likely N-dealkylation sites (tertiary alicyclic amines) is 1. The average Bonchev–Trinajstić information content (AvgIpc) is 3.08. The van der Waals surface area contributed by atoms with E-state index in [1.807, 2.05) is 30.3 Å². The highest BCUT2D eigenvalue weighted by Gasteiger charge is 2.52. The predicted octanol–water partition coefficient (Wildman–Crippen LogP) is 1.57. The van der Waals surface area contributed by atoms with Crippen LogP contribution < -0.4 is 0 Å². The van der Waals surface area contributed by atoms with Crippen molar-refractivity contribution in [2.75, 3.05) is 13.7 Å². The molecular weight excluding hydrogens is 298 g/mol. The van der Waals surface area contributed by atoms with Crippen molar-refractivity contribution in [2.45, 2.75) is 31.6 Å². The molecule has 3 rings (SSSR count). The van der Waals surface area contributed by atoms with Crippen LogP contribution in [0.3, 0.4) is 0 Å². The third kappa shape index (κ3) is 3.17. The molecule has 1 aliphatic heterocycles. The van der Waals surface area contributed by atoms with Gasteiger partial charge in [0.1, 0.15) is 12.6 Å². The number of aliphatic hydroxyl groups is 1. The van der Waals surface area contributed by atoms with Crippen molar-refractivity contribution in [3.8, 4) is 0 Å². The minimum Gasteiger partial charge on any atom is -0.467 e. The van der Waals surface area contributed by atoms with Gasteiger partial charge in [-0.05, 0) is 30.2 Å². The molecular formula is C17H21NO5. The largest absolute Gasteiger partial charge is 0.467 e. The van der Waals surface area contributed by atoms with E-state index >= 15 is 0 Å². The van der Waals surface area contributed by atoms with Gasteiger partial charge in [-0.15, -0.1) is 0 Å². The van der Waals surface area contributed by atoms with Gasteiger partial charge in [-0.3, -0.25) is 4.90 Å². The van der Waals surface area contributed by atoms with Gasteiger partial charge in [0.25, 0.3) is 0 Å². The molecule has 4 atom stereocenters. The van der Waals surface area contributed by atoms with Gasteiger partial charge in [0.05, 0.1) is 13.2 Å². The van der Waals surface area contributed by atoms with Crippen LogP contribution in [0.25, 0.3) is 0 Å². The normalized spacial score (nSPS) is 29.2. The van der Waals surface area contributed by atoms with E-state index in [2.05, 4.69) is 0 Å². The van der Waals surface area contributed by atoms with Crippen LogP contribution in [0.2, 0.25) is 0 Å². The number of esters is 1. The van der Waals surface area contributed by atoms with Crippen LogP contribution in [-0.4, -0.2) is 47.9 Å². The maximum absolute atomic E-state index is 12.4. The van der Waals surface area contributed by atoms with E-state index in [1.54, 1.807) is 0 Å². The quantitative estimate of drug-likeness (QED) is 0.856. The number of hydrogen-bond donors (Lipinski definition) is 1. The zero-order chi connectivity index (χ0) is 16.4. The van der Waals surface area contributed by atoms with Crippen LogP contribution in [0.4, 0.5) is 4.79 Å². The Morgan fingerprint density at radius 1 is 1.26 bits per heavy atom. The Morgan fingerprint density at radius 2 is 2.00 bits per heavy atom. The molecule has 1 heterocycles. The predicted molar refractivity (Wildman–Crippen MR) is 81.4 cm³/mol. The molecule has 6 nitrogen and oxygen atoms in total. The maximum Gasteiger partial charge on any atom is 0.410 e. The Morgan fingerprint density at radius 3 is 2.70 bits per heavy atom. The molecule has 1 aromatic rings. The second-order valence-corrected chi connectivity index (χ2v) is 6.21. The summed E-state index contributed by atoms with van der Waals surface area (Å²) in [7, 11) is 1.31. The van der Waals surface area contributed by atoms with E-state index in [1.165, 1.54) is 12.0 Å². The highest BCUT2D eigenvalue weighted by molar-refractivity contribution is 5.82. The van der Waals surface area contributed by atoms with Crippen molar-refractivity contribution in [3.63, 3.8) is 0 Å². The van der Waals surface area contributed by atoms with Gasteiger partial charge in [-0.2, -0.15) is 0 Å². The molecule has 1 aliphatic carbocycles. The summed E-state index contributed by atoms with van der Waals surface area (Å²) in [5, 5.41) is 9.80. The highest BCUT2D eigenvalue weighted by Crippen LogP contribution is 2.43. The summed E-state index contributed by atoms with van der Waals surface area (Å²) in [5.41, 5.74) is 0.894. The van der Waals surface area contributed by atoms with E-state index in [0.717, 1.165) is 5.56 Å². The van der Waals surface area contributed by atoms with Crippen LogP contribution in [0.15, 0.2) is 30.3 Å². The molecule has 4 unspecified atom stereocenters. The number of carbonyl (C=O) groups excluding carboxylic acids is 2. The summed E-state index contributed by atoms with van der Waals surface area (Å²) in [4.78, 5) is 25.9. The van der Waals surface area contributed by atoms with Crippen molar-refractivity contribution in [3.05, 3.63) is 35.9 Å². The first-order chi connectivity index (χ1) is 11.1. The Kier molecular flexibility index (Phi) is 4.52. The number of benzene rings is 1. The molecule has 1 amide bonds. The summed E-state index contributed by atoms with van der Waals surface area (Å²) in [6.45, 7) is 0.594. The van der Waals surface area contributed by atoms with Gasteiger partial charge in [-0.1, -0.05) is 30.3 Å². The molecule has 0 spiro atoms. The molecule has 124 valence electrons. The number of hydrogen-bond acceptors (Lipinski definition) is 5. The lowest BCUT2D eigenvalue weighted by Crippen LogP contribution is -2.44. The Bertz CT molecular complexity index is 576. The second kappa shape index (κ2) is 6.58. The molecule has 0 radical (unpaired) electrons. The van der Waals surface area contributed by atoms with Crippen LogP contribution in [0, 0.1) is 11.8 Å². The summed E-state index contributed by atoms with van der Waals surface area (Å²) in [5.74, 6) is -0.372.